The highest BCUT2D eigenvalue weighted by Gasteiger charge is 2.21. The summed E-state index contributed by atoms with van der Waals surface area (Å²) in [6.07, 6.45) is -2.58. The monoisotopic (exact) mass is 523 g/mol. The molecule has 0 aliphatic heterocycles. The Morgan fingerprint density at radius 2 is 2.00 bits per heavy atom. The molecular formula is C22H21ClF3N7O3. The average molecular weight is 524 g/mol. The van der Waals surface area contributed by atoms with Crippen molar-refractivity contribution in [2.75, 3.05) is 5.32 Å². The van der Waals surface area contributed by atoms with Crippen LogP contribution in [0.2, 0.25) is 5.15 Å². The number of allylic oxidation sites excluding steroid dienone is 1. The van der Waals surface area contributed by atoms with E-state index in [9.17, 15) is 22.8 Å². The molecule has 0 aliphatic rings. The summed E-state index contributed by atoms with van der Waals surface area (Å²) in [5.41, 5.74) is 0.956. The number of amides is 2. The van der Waals surface area contributed by atoms with Crippen molar-refractivity contribution in [2.45, 2.75) is 32.3 Å². The smallest absolute Gasteiger partial charge is 0.413 e. The Labute approximate surface area is 208 Å². The number of aromatic nitrogens is 5. The maximum absolute atomic E-state index is 13.5. The van der Waals surface area contributed by atoms with Crippen molar-refractivity contribution in [2.24, 2.45) is 7.05 Å². The molecule has 2 amide bonds. The van der Waals surface area contributed by atoms with Gasteiger partial charge in [-0.3, -0.25) is 15.1 Å². The third-order valence-electron chi connectivity index (χ3n) is 4.82. The molecule has 3 heterocycles. The first-order valence-electron chi connectivity index (χ1n) is 10.5. The van der Waals surface area contributed by atoms with Crippen molar-refractivity contribution in [3.63, 3.8) is 0 Å². The van der Waals surface area contributed by atoms with Gasteiger partial charge in [-0.25, -0.2) is 27.6 Å². The third kappa shape index (κ3) is 6.78. The van der Waals surface area contributed by atoms with Crippen LogP contribution in [0, 0.1) is 5.82 Å². The SMILES string of the molecule is C=C(CCC(F)F)NC(=O)c1ccc(-c2nnn(C)c2NC(=O)O[C@H](C)c2cc(F)cnc2Cl)nc1. The van der Waals surface area contributed by atoms with Crippen LogP contribution in [0.3, 0.4) is 0 Å². The zero-order valence-corrected chi connectivity index (χ0v) is 19.9. The molecule has 0 saturated carbocycles. The van der Waals surface area contributed by atoms with Crippen molar-refractivity contribution in [1.29, 1.82) is 0 Å². The van der Waals surface area contributed by atoms with Crippen LogP contribution in [0.25, 0.3) is 11.4 Å². The van der Waals surface area contributed by atoms with E-state index in [4.69, 9.17) is 16.3 Å². The summed E-state index contributed by atoms with van der Waals surface area (Å²) >= 11 is 5.95. The number of rotatable bonds is 9. The quantitative estimate of drug-likeness (QED) is 0.391. The zero-order valence-electron chi connectivity index (χ0n) is 19.1. The number of nitrogens with one attached hydrogen (secondary N) is 2. The Morgan fingerprint density at radius 1 is 1.25 bits per heavy atom. The van der Waals surface area contributed by atoms with E-state index in [0.29, 0.717) is 0 Å². The summed E-state index contributed by atoms with van der Waals surface area (Å²) in [7, 11) is 1.52. The molecule has 0 spiro atoms. The topological polar surface area (TPSA) is 124 Å². The van der Waals surface area contributed by atoms with Gasteiger partial charge in [-0.15, -0.1) is 5.10 Å². The highest BCUT2D eigenvalue weighted by molar-refractivity contribution is 6.30. The minimum atomic E-state index is -2.49. The van der Waals surface area contributed by atoms with Gasteiger partial charge in [0.05, 0.1) is 17.5 Å². The standard InChI is InChI=1S/C22H21ClF3N7O3/c1-11(4-7-17(25)26)29-21(34)13-5-6-16(27-9-13)18-20(33(3)32-31-18)30-22(35)36-12(2)15-8-14(24)10-28-19(15)23/h5-6,8-10,12,17H,1,4,7H2,2-3H3,(H,29,34)(H,30,35)/t12-/m1/s1. The first-order chi connectivity index (χ1) is 17.0. The number of carbonyl (C=O) groups is 2. The molecule has 10 nitrogen and oxygen atoms in total. The molecule has 36 heavy (non-hydrogen) atoms. The number of aryl methyl sites for hydroxylation is 1. The predicted molar refractivity (Wildman–Crippen MR) is 124 cm³/mol. The van der Waals surface area contributed by atoms with Crippen molar-refractivity contribution in [3.05, 3.63) is 65.0 Å². The number of alkyl halides is 2. The molecule has 190 valence electrons. The van der Waals surface area contributed by atoms with Crippen LogP contribution in [0.1, 0.15) is 41.8 Å². The van der Waals surface area contributed by atoms with E-state index in [0.717, 1.165) is 12.3 Å². The number of nitrogens with zero attached hydrogens (tertiary/aromatic N) is 5. The summed E-state index contributed by atoms with van der Waals surface area (Å²) in [4.78, 5) is 32.6. The van der Waals surface area contributed by atoms with Crippen LogP contribution in [0.15, 0.2) is 42.9 Å². The second kappa shape index (κ2) is 11.6. The molecule has 3 rings (SSSR count). The molecule has 0 aromatic carbocycles. The molecular weight excluding hydrogens is 503 g/mol. The van der Waals surface area contributed by atoms with E-state index in [1.165, 1.54) is 37.0 Å². The van der Waals surface area contributed by atoms with Crippen molar-refractivity contribution >= 4 is 29.4 Å². The van der Waals surface area contributed by atoms with Gasteiger partial charge in [0.15, 0.2) is 11.5 Å². The fourth-order valence-corrected chi connectivity index (χ4v) is 3.25. The van der Waals surface area contributed by atoms with Gasteiger partial charge in [-0.05, 0) is 31.5 Å². The fraction of sp³-hybridized carbons (Fsp3) is 0.273. The number of hydrogen-bond acceptors (Lipinski definition) is 7. The number of hydrogen-bond donors (Lipinski definition) is 2. The van der Waals surface area contributed by atoms with Crippen LogP contribution in [-0.4, -0.2) is 43.4 Å². The summed E-state index contributed by atoms with van der Waals surface area (Å²) in [5.74, 6) is -1.06. The second-order valence-corrected chi connectivity index (χ2v) is 7.89. The van der Waals surface area contributed by atoms with Crippen LogP contribution >= 0.6 is 11.6 Å². The molecule has 0 fully saturated rings. The number of pyridine rings is 2. The summed E-state index contributed by atoms with van der Waals surface area (Å²) in [6.45, 7) is 5.06. The lowest BCUT2D eigenvalue weighted by atomic mass is 10.2. The summed E-state index contributed by atoms with van der Waals surface area (Å²) < 4.78 is 44.7. The molecule has 0 bridgehead atoms. The van der Waals surface area contributed by atoms with Crippen LogP contribution in [-0.2, 0) is 11.8 Å². The average Bonchev–Trinajstić information content (AvgIpc) is 3.19. The maximum atomic E-state index is 13.5. The van der Waals surface area contributed by atoms with E-state index in [2.05, 4.69) is 37.5 Å². The van der Waals surface area contributed by atoms with E-state index < -0.39 is 36.8 Å². The van der Waals surface area contributed by atoms with Gasteiger partial charge in [-0.2, -0.15) is 0 Å². The number of anilines is 1. The van der Waals surface area contributed by atoms with Gasteiger partial charge in [0.1, 0.15) is 17.1 Å². The molecule has 0 unspecified atom stereocenters. The van der Waals surface area contributed by atoms with Gasteiger partial charge in [-0.1, -0.05) is 23.4 Å². The van der Waals surface area contributed by atoms with Gasteiger partial charge < -0.3 is 10.1 Å². The van der Waals surface area contributed by atoms with Crippen LogP contribution in [0.4, 0.5) is 23.8 Å². The molecule has 0 saturated heterocycles. The molecule has 0 radical (unpaired) electrons. The third-order valence-corrected chi connectivity index (χ3v) is 5.14. The number of carbonyl (C=O) groups excluding carboxylic acids is 2. The maximum Gasteiger partial charge on any atom is 0.413 e. The lowest BCUT2D eigenvalue weighted by Crippen LogP contribution is -2.22. The van der Waals surface area contributed by atoms with E-state index >= 15 is 0 Å². The number of ether oxygens (including phenoxy) is 1. The Bertz CT molecular complexity index is 1270. The lowest BCUT2D eigenvalue weighted by Gasteiger charge is -2.15. The normalized spacial score (nSPS) is 11.8. The summed E-state index contributed by atoms with van der Waals surface area (Å²) in [5, 5.41) is 12.8. The van der Waals surface area contributed by atoms with Gasteiger partial charge in [0, 0.05) is 30.9 Å². The summed E-state index contributed by atoms with van der Waals surface area (Å²) in [6, 6.07) is 4.02. The first kappa shape index (κ1) is 26.6. The Balaban J connectivity index is 1.68. The predicted octanol–water partition coefficient (Wildman–Crippen LogP) is 4.66. The molecule has 0 aliphatic carbocycles. The largest absolute Gasteiger partial charge is 0.441 e. The fourth-order valence-electron chi connectivity index (χ4n) is 2.99. The molecule has 14 heteroatoms. The van der Waals surface area contributed by atoms with Gasteiger partial charge in [0.2, 0.25) is 6.43 Å². The Hall–Kier alpha value is -4.00. The highest BCUT2D eigenvalue weighted by Crippen LogP contribution is 2.27. The van der Waals surface area contributed by atoms with Crippen molar-refractivity contribution in [1.82, 2.24) is 30.3 Å². The Kier molecular flexibility index (Phi) is 8.59. The molecule has 2 N–H and O–H groups in total. The minimum Gasteiger partial charge on any atom is -0.441 e. The molecule has 3 aromatic heterocycles. The molecule has 1 atom stereocenters. The van der Waals surface area contributed by atoms with E-state index in [-0.39, 0.29) is 45.6 Å². The zero-order chi connectivity index (χ0) is 26.4. The highest BCUT2D eigenvalue weighted by atomic mass is 35.5. The Morgan fingerprint density at radius 3 is 2.67 bits per heavy atom. The van der Waals surface area contributed by atoms with Crippen LogP contribution in [0.5, 0.6) is 0 Å². The second-order valence-electron chi connectivity index (χ2n) is 7.54. The first-order valence-corrected chi connectivity index (χ1v) is 10.8. The minimum absolute atomic E-state index is 0.00878. The number of halogens is 4. The van der Waals surface area contributed by atoms with Crippen LogP contribution < -0.4 is 10.6 Å². The van der Waals surface area contributed by atoms with E-state index in [1.807, 2.05) is 0 Å². The van der Waals surface area contributed by atoms with E-state index in [1.54, 1.807) is 0 Å². The molecule has 3 aromatic rings. The van der Waals surface area contributed by atoms with Gasteiger partial charge in [0.25, 0.3) is 5.91 Å². The van der Waals surface area contributed by atoms with Gasteiger partial charge >= 0.3 is 6.09 Å². The lowest BCUT2D eigenvalue weighted by molar-refractivity contribution is 0.0959. The van der Waals surface area contributed by atoms with Crippen molar-refractivity contribution in [3.8, 4) is 11.4 Å². The van der Waals surface area contributed by atoms with Crippen molar-refractivity contribution < 1.29 is 27.5 Å².